The zero-order valence-corrected chi connectivity index (χ0v) is 13.7. The standard InChI is InChI=1S/C17H21N3OS/c1-11(20-17(21)15-4-3-9-18-15)13-5-7-14(8-6-13)16-12(2)19-10-22-16/h5-8,10-11,15,18H,3-4,9H2,1-2H3,(H,20,21)/t11-,15?/m0/s1. The number of hydrogen-bond acceptors (Lipinski definition) is 4. The summed E-state index contributed by atoms with van der Waals surface area (Å²) >= 11 is 1.66. The van der Waals surface area contributed by atoms with Crippen molar-refractivity contribution in [1.29, 1.82) is 0 Å². The average Bonchev–Trinajstić information content (AvgIpc) is 3.18. The number of carbonyl (C=O) groups excluding carboxylic acids is 1. The molecule has 22 heavy (non-hydrogen) atoms. The van der Waals surface area contributed by atoms with E-state index >= 15 is 0 Å². The van der Waals surface area contributed by atoms with Crippen LogP contribution in [0.3, 0.4) is 0 Å². The van der Waals surface area contributed by atoms with Gasteiger partial charge in [0.25, 0.3) is 0 Å². The van der Waals surface area contributed by atoms with Crippen molar-refractivity contribution in [3.05, 3.63) is 41.0 Å². The fraction of sp³-hybridized carbons (Fsp3) is 0.412. The first-order valence-electron chi connectivity index (χ1n) is 7.69. The second kappa shape index (κ2) is 6.58. The summed E-state index contributed by atoms with van der Waals surface area (Å²) in [6.45, 7) is 4.99. The van der Waals surface area contributed by atoms with Crippen molar-refractivity contribution < 1.29 is 4.79 Å². The Morgan fingerprint density at radius 3 is 2.77 bits per heavy atom. The van der Waals surface area contributed by atoms with Gasteiger partial charge in [0.15, 0.2) is 0 Å². The molecule has 1 aliphatic rings. The first kappa shape index (κ1) is 15.2. The maximum atomic E-state index is 12.1. The Kier molecular flexibility index (Phi) is 4.55. The predicted octanol–water partition coefficient (Wildman–Crippen LogP) is 3.05. The molecule has 1 aromatic carbocycles. The molecule has 5 heteroatoms. The number of nitrogens with zero attached hydrogens (tertiary/aromatic N) is 1. The minimum atomic E-state index is -0.0263. The van der Waals surface area contributed by atoms with Crippen LogP contribution < -0.4 is 10.6 Å². The van der Waals surface area contributed by atoms with Crippen molar-refractivity contribution in [1.82, 2.24) is 15.6 Å². The summed E-state index contributed by atoms with van der Waals surface area (Å²) in [5.41, 5.74) is 5.24. The van der Waals surface area contributed by atoms with Gasteiger partial charge in [0.2, 0.25) is 5.91 Å². The molecule has 1 unspecified atom stereocenters. The molecule has 1 aromatic heterocycles. The lowest BCUT2D eigenvalue weighted by Gasteiger charge is -2.18. The molecule has 1 saturated heterocycles. The third-order valence-electron chi connectivity index (χ3n) is 4.15. The predicted molar refractivity (Wildman–Crippen MR) is 89.9 cm³/mol. The van der Waals surface area contributed by atoms with Crippen LogP contribution in [-0.4, -0.2) is 23.5 Å². The average molecular weight is 315 g/mol. The van der Waals surface area contributed by atoms with Gasteiger partial charge in [-0.25, -0.2) is 4.98 Å². The molecule has 1 amide bonds. The number of carbonyl (C=O) groups is 1. The second-order valence-electron chi connectivity index (χ2n) is 5.77. The fourth-order valence-electron chi connectivity index (χ4n) is 2.81. The van der Waals surface area contributed by atoms with E-state index in [-0.39, 0.29) is 18.0 Å². The van der Waals surface area contributed by atoms with Crippen LogP contribution in [0.25, 0.3) is 10.4 Å². The van der Waals surface area contributed by atoms with Crippen LogP contribution in [0.1, 0.15) is 37.1 Å². The Morgan fingerprint density at radius 2 is 2.18 bits per heavy atom. The normalized spacial score (nSPS) is 19.1. The van der Waals surface area contributed by atoms with Crippen LogP contribution in [0.4, 0.5) is 0 Å². The maximum Gasteiger partial charge on any atom is 0.237 e. The van der Waals surface area contributed by atoms with Gasteiger partial charge in [-0.15, -0.1) is 11.3 Å². The monoisotopic (exact) mass is 315 g/mol. The topological polar surface area (TPSA) is 54.0 Å². The Bertz CT molecular complexity index is 644. The van der Waals surface area contributed by atoms with Gasteiger partial charge in [-0.2, -0.15) is 0 Å². The van der Waals surface area contributed by atoms with Crippen LogP contribution in [0.5, 0.6) is 0 Å². The molecule has 116 valence electrons. The molecule has 2 aromatic rings. The largest absolute Gasteiger partial charge is 0.348 e. The summed E-state index contributed by atoms with van der Waals surface area (Å²) in [4.78, 5) is 17.6. The summed E-state index contributed by atoms with van der Waals surface area (Å²) in [6, 6.07) is 8.37. The molecule has 1 aliphatic heterocycles. The highest BCUT2D eigenvalue weighted by molar-refractivity contribution is 7.13. The second-order valence-corrected chi connectivity index (χ2v) is 6.62. The van der Waals surface area contributed by atoms with Gasteiger partial charge in [-0.1, -0.05) is 24.3 Å². The smallest absolute Gasteiger partial charge is 0.237 e. The van der Waals surface area contributed by atoms with E-state index in [0.29, 0.717) is 0 Å². The first-order chi connectivity index (χ1) is 10.6. The van der Waals surface area contributed by atoms with Crippen LogP contribution in [-0.2, 0) is 4.79 Å². The Morgan fingerprint density at radius 1 is 1.41 bits per heavy atom. The van der Waals surface area contributed by atoms with Gasteiger partial charge in [0, 0.05) is 0 Å². The molecule has 3 rings (SSSR count). The Labute approximate surface area is 135 Å². The van der Waals surface area contributed by atoms with Crippen molar-refractivity contribution in [2.75, 3.05) is 6.54 Å². The number of nitrogens with one attached hydrogen (secondary N) is 2. The lowest BCUT2D eigenvalue weighted by Crippen LogP contribution is -2.41. The molecular weight excluding hydrogens is 294 g/mol. The molecule has 0 saturated carbocycles. The van der Waals surface area contributed by atoms with Gasteiger partial charge in [0.05, 0.1) is 28.2 Å². The highest BCUT2D eigenvalue weighted by Gasteiger charge is 2.23. The van der Waals surface area contributed by atoms with E-state index in [0.717, 1.165) is 30.6 Å². The summed E-state index contributed by atoms with van der Waals surface area (Å²) in [6.07, 6.45) is 2.01. The first-order valence-corrected chi connectivity index (χ1v) is 8.57. The zero-order chi connectivity index (χ0) is 15.5. The van der Waals surface area contributed by atoms with Crippen molar-refractivity contribution in [3.8, 4) is 10.4 Å². The molecule has 2 N–H and O–H groups in total. The van der Waals surface area contributed by atoms with E-state index in [1.165, 1.54) is 10.4 Å². The molecule has 0 bridgehead atoms. The number of hydrogen-bond donors (Lipinski definition) is 2. The van der Waals surface area contributed by atoms with Crippen LogP contribution >= 0.6 is 11.3 Å². The zero-order valence-electron chi connectivity index (χ0n) is 12.9. The van der Waals surface area contributed by atoms with Crippen molar-refractivity contribution in [3.63, 3.8) is 0 Å². The molecule has 0 aliphatic carbocycles. The summed E-state index contributed by atoms with van der Waals surface area (Å²) in [7, 11) is 0. The molecule has 0 spiro atoms. The minimum Gasteiger partial charge on any atom is -0.348 e. The van der Waals surface area contributed by atoms with E-state index in [1.54, 1.807) is 11.3 Å². The van der Waals surface area contributed by atoms with Crippen molar-refractivity contribution in [2.24, 2.45) is 0 Å². The van der Waals surface area contributed by atoms with E-state index in [1.807, 2.05) is 19.4 Å². The van der Waals surface area contributed by atoms with Gasteiger partial charge in [-0.3, -0.25) is 4.79 Å². The summed E-state index contributed by atoms with van der Waals surface area (Å²) in [5, 5.41) is 6.32. The Hall–Kier alpha value is -1.72. The molecule has 2 heterocycles. The van der Waals surface area contributed by atoms with Gasteiger partial charge in [-0.05, 0) is 44.4 Å². The van der Waals surface area contributed by atoms with E-state index in [4.69, 9.17) is 0 Å². The third kappa shape index (κ3) is 3.20. The highest BCUT2D eigenvalue weighted by atomic mass is 32.1. The minimum absolute atomic E-state index is 0.0199. The van der Waals surface area contributed by atoms with Crippen molar-refractivity contribution in [2.45, 2.75) is 38.8 Å². The molecule has 0 radical (unpaired) electrons. The quantitative estimate of drug-likeness (QED) is 0.912. The summed E-state index contributed by atoms with van der Waals surface area (Å²) < 4.78 is 0. The lowest BCUT2D eigenvalue weighted by atomic mass is 10.0. The Balaban J connectivity index is 1.67. The van der Waals surface area contributed by atoms with Gasteiger partial charge >= 0.3 is 0 Å². The molecule has 2 atom stereocenters. The van der Waals surface area contributed by atoms with Crippen molar-refractivity contribution >= 4 is 17.2 Å². The number of thiazole rings is 1. The van der Waals surface area contributed by atoms with E-state index in [2.05, 4.69) is 39.9 Å². The SMILES string of the molecule is Cc1ncsc1-c1ccc([C@H](C)NC(=O)C2CCCN2)cc1. The van der Waals surface area contributed by atoms with Gasteiger partial charge < -0.3 is 10.6 Å². The van der Waals surface area contributed by atoms with Crippen LogP contribution in [0, 0.1) is 6.92 Å². The number of aryl methyl sites for hydroxylation is 1. The molecular formula is C17H21N3OS. The fourth-order valence-corrected chi connectivity index (χ4v) is 3.62. The third-order valence-corrected chi connectivity index (χ3v) is 5.13. The number of amides is 1. The number of rotatable bonds is 4. The van der Waals surface area contributed by atoms with Gasteiger partial charge in [0.1, 0.15) is 0 Å². The maximum absolute atomic E-state index is 12.1. The van der Waals surface area contributed by atoms with E-state index < -0.39 is 0 Å². The summed E-state index contributed by atoms with van der Waals surface area (Å²) in [5.74, 6) is 0.104. The number of benzene rings is 1. The van der Waals surface area contributed by atoms with Crippen LogP contribution in [0.2, 0.25) is 0 Å². The van der Waals surface area contributed by atoms with E-state index in [9.17, 15) is 4.79 Å². The molecule has 4 nitrogen and oxygen atoms in total. The van der Waals surface area contributed by atoms with Crippen LogP contribution in [0.15, 0.2) is 29.8 Å². The lowest BCUT2D eigenvalue weighted by molar-refractivity contribution is -0.123. The number of aromatic nitrogens is 1. The molecule has 1 fully saturated rings. The highest BCUT2D eigenvalue weighted by Crippen LogP contribution is 2.28.